The standard InChI is InChI=1S/C27H25N3O5/c31-25(17-8-6-11-19(15-17)30(34)35)24-23-22(21-14-13-16-7-4-5-12-20(16)29(21)24)26(32)28(27(23)33)18-9-2-1-3-10-18/h4-8,11-15,18,21-24H,1-3,9-10H2/t21-,22+,23-,24-/m0/s1. The number of hydrogen-bond donors (Lipinski definition) is 0. The molecule has 3 fully saturated rings. The molecule has 2 aromatic carbocycles. The second-order valence-electron chi connectivity index (χ2n) is 9.82. The van der Waals surface area contributed by atoms with Crippen LogP contribution in [0.1, 0.15) is 48.0 Å². The molecule has 0 spiro atoms. The normalized spacial score (nSPS) is 27.5. The van der Waals surface area contributed by atoms with Crippen LogP contribution in [0.2, 0.25) is 0 Å². The Kier molecular flexibility index (Phi) is 5.05. The van der Waals surface area contributed by atoms with Crippen molar-refractivity contribution in [3.8, 4) is 0 Å². The van der Waals surface area contributed by atoms with Gasteiger partial charge in [0.25, 0.3) is 5.69 Å². The molecule has 6 rings (SSSR count). The van der Waals surface area contributed by atoms with E-state index in [4.69, 9.17) is 0 Å². The highest BCUT2D eigenvalue weighted by Crippen LogP contribution is 2.50. The summed E-state index contributed by atoms with van der Waals surface area (Å²) >= 11 is 0. The summed E-state index contributed by atoms with van der Waals surface area (Å²) in [6, 6.07) is 11.8. The van der Waals surface area contributed by atoms with Crippen molar-refractivity contribution in [1.29, 1.82) is 0 Å². The lowest BCUT2D eigenvalue weighted by molar-refractivity contribution is -0.384. The maximum Gasteiger partial charge on any atom is 0.270 e. The molecule has 2 amide bonds. The Bertz CT molecular complexity index is 1280. The minimum atomic E-state index is -0.914. The smallest absolute Gasteiger partial charge is 0.270 e. The number of Topliss-reactive ketones (excluding diaryl/α,β-unsaturated/α-hetero) is 1. The Morgan fingerprint density at radius 3 is 2.46 bits per heavy atom. The molecule has 8 heteroatoms. The van der Waals surface area contributed by atoms with Gasteiger partial charge in [-0.15, -0.1) is 0 Å². The third-order valence-corrected chi connectivity index (χ3v) is 8.00. The van der Waals surface area contributed by atoms with Gasteiger partial charge in [0.05, 0.1) is 22.8 Å². The van der Waals surface area contributed by atoms with Gasteiger partial charge in [-0.3, -0.25) is 29.4 Å². The number of non-ortho nitro benzene ring substituents is 1. The number of nitro groups is 1. The molecule has 3 heterocycles. The second-order valence-corrected chi connectivity index (χ2v) is 9.82. The van der Waals surface area contributed by atoms with Gasteiger partial charge in [-0.2, -0.15) is 0 Å². The third-order valence-electron chi connectivity index (χ3n) is 8.00. The van der Waals surface area contributed by atoms with Crippen LogP contribution >= 0.6 is 0 Å². The first-order valence-corrected chi connectivity index (χ1v) is 12.2. The Balaban J connectivity index is 1.46. The number of likely N-dealkylation sites (tertiary alicyclic amines) is 1. The fraction of sp³-hybridized carbons (Fsp3) is 0.370. The van der Waals surface area contributed by atoms with Crippen molar-refractivity contribution in [2.24, 2.45) is 11.8 Å². The molecule has 0 aromatic heterocycles. The molecule has 0 radical (unpaired) electrons. The lowest BCUT2D eigenvalue weighted by Crippen LogP contribution is -2.51. The van der Waals surface area contributed by atoms with Crippen molar-refractivity contribution in [2.75, 3.05) is 4.90 Å². The number of carbonyl (C=O) groups is 3. The highest BCUT2D eigenvalue weighted by Gasteiger charge is 2.64. The minimum Gasteiger partial charge on any atom is -0.352 e. The van der Waals surface area contributed by atoms with E-state index in [2.05, 4.69) is 0 Å². The van der Waals surface area contributed by atoms with Gasteiger partial charge in [-0.1, -0.05) is 61.7 Å². The van der Waals surface area contributed by atoms with Gasteiger partial charge in [0.1, 0.15) is 6.04 Å². The zero-order valence-electron chi connectivity index (χ0n) is 19.1. The van der Waals surface area contributed by atoms with Crippen LogP contribution in [0.25, 0.3) is 6.08 Å². The second kappa shape index (κ2) is 8.15. The van der Waals surface area contributed by atoms with E-state index < -0.39 is 28.8 Å². The molecule has 8 nitrogen and oxygen atoms in total. The zero-order valence-corrected chi connectivity index (χ0v) is 19.1. The summed E-state index contributed by atoms with van der Waals surface area (Å²) < 4.78 is 0. The maximum atomic E-state index is 14.0. The lowest BCUT2D eigenvalue weighted by Gasteiger charge is -2.38. The van der Waals surface area contributed by atoms with Crippen molar-refractivity contribution in [2.45, 2.75) is 50.2 Å². The Hall–Kier alpha value is -3.81. The third kappa shape index (κ3) is 3.23. The molecule has 0 unspecified atom stereocenters. The van der Waals surface area contributed by atoms with Gasteiger partial charge in [-0.25, -0.2) is 0 Å². The van der Waals surface area contributed by atoms with Crippen molar-refractivity contribution >= 4 is 35.0 Å². The molecular weight excluding hydrogens is 446 g/mol. The van der Waals surface area contributed by atoms with Gasteiger partial charge in [-0.05, 0) is 24.5 Å². The van der Waals surface area contributed by atoms with Gasteiger partial charge < -0.3 is 4.90 Å². The number of hydrogen-bond acceptors (Lipinski definition) is 6. The SMILES string of the molecule is O=C(c1cccc([N+](=O)[O-])c1)[C@@H]1[C@H]2C(=O)N(C3CCCCC3)C(=O)[C@@H]2[C@@H]2C=Cc3ccccc3N12. The number of ketones is 1. The average Bonchev–Trinajstić information content (AvgIpc) is 3.36. The predicted molar refractivity (Wildman–Crippen MR) is 129 cm³/mol. The molecule has 0 N–H and O–H groups in total. The van der Waals surface area contributed by atoms with E-state index in [0.717, 1.165) is 43.4 Å². The number of anilines is 1. The van der Waals surface area contributed by atoms with Crippen molar-refractivity contribution in [1.82, 2.24) is 4.90 Å². The number of rotatable bonds is 4. The number of carbonyl (C=O) groups excluding carboxylic acids is 3. The van der Waals surface area contributed by atoms with Crippen molar-refractivity contribution in [3.63, 3.8) is 0 Å². The van der Waals surface area contributed by atoms with Gasteiger partial charge in [0.15, 0.2) is 5.78 Å². The predicted octanol–water partition coefficient (Wildman–Crippen LogP) is 4.00. The van der Waals surface area contributed by atoms with Crippen LogP contribution < -0.4 is 4.90 Å². The zero-order chi connectivity index (χ0) is 24.3. The van der Waals surface area contributed by atoms with E-state index in [1.807, 2.05) is 41.3 Å². The van der Waals surface area contributed by atoms with Crippen LogP contribution in [0, 0.1) is 22.0 Å². The summed E-state index contributed by atoms with van der Waals surface area (Å²) in [5.74, 6) is -2.32. The Labute approximate surface area is 202 Å². The van der Waals surface area contributed by atoms with E-state index in [1.165, 1.54) is 23.1 Å². The van der Waals surface area contributed by atoms with Crippen LogP contribution in [0.4, 0.5) is 11.4 Å². The summed E-state index contributed by atoms with van der Waals surface area (Å²) in [6.45, 7) is 0. The molecule has 1 aliphatic carbocycles. The molecule has 35 heavy (non-hydrogen) atoms. The van der Waals surface area contributed by atoms with Gasteiger partial charge >= 0.3 is 0 Å². The molecular formula is C27H25N3O5. The van der Waals surface area contributed by atoms with E-state index in [9.17, 15) is 24.5 Å². The van der Waals surface area contributed by atoms with Crippen LogP contribution in [0.5, 0.6) is 0 Å². The monoisotopic (exact) mass is 471 g/mol. The van der Waals surface area contributed by atoms with Crippen molar-refractivity contribution < 1.29 is 19.3 Å². The van der Waals surface area contributed by atoms with Crippen LogP contribution in [0.3, 0.4) is 0 Å². The number of fused-ring (bicyclic) bond motifs is 5. The highest BCUT2D eigenvalue weighted by molar-refractivity contribution is 6.14. The largest absolute Gasteiger partial charge is 0.352 e. The fourth-order valence-electron chi connectivity index (χ4n) is 6.48. The molecule has 2 saturated heterocycles. The quantitative estimate of drug-likeness (QED) is 0.289. The molecule has 0 bridgehead atoms. The molecule has 1 saturated carbocycles. The Morgan fingerprint density at radius 1 is 0.943 bits per heavy atom. The average molecular weight is 472 g/mol. The summed E-state index contributed by atoms with van der Waals surface area (Å²) in [5.41, 5.74) is 1.69. The van der Waals surface area contributed by atoms with E-state index >= 15 is 0 Å². The Morgan fingerprint density at radius 2 is 1.69 bits per heavy atom. The summed E-state index contributed by atoms with van der Waals surface area (Å²) in [6.07, 6.45) is 8.54. The van der Waals surface area contributed by atoms with E-state index in [1.54, 1.807) is 6.07 Å². The first-order valence-electron chi connectivity index (χ1n) is 12.2. The van der Waals surface area contributed by atoms with E-state index in [-0.39, 0.29) is 34.9 Å². The molecule has 4 aliphatic rings. The number of nitrogens with zero attached hydrogens (tertiary/aromatic N) is 3. The number of amides is 2. The molecule has 3 aliphatic heterocycles. The van der Waals surface area contributed by atoms with Crippen LogP contribution in [0.15, 0.2) is 54.6 Å². The lowest BCUT2D eigenvalue weighted by atomic mass is 9.86. The molecule has 2 aromatic rings. The molecule has 4 atom stereocenters. The number of nitro benzene ring substituents is 1. The van der Waals surface area contributed by atoms with E-state index in [0.29, 0.717) is 0 Å². The van der Waals surface area contributed by atoms with Crippen molar-refractivity contribution in [3.05, 3.63) is 75.8 Å². The van der Waals surface area contributed by atoms with Crippen LogP contribution in [-0.2, 0) is 9.59 Å². The van der Waals surface area contributed by atoms with Gasteiger partial charge in [0, 0.05) is 29.4 Å². The van der Waals surface area contributed by atoms with Crippen LogP contribution in [-0.4, -0.2) is 45.5 Å². The number of para-hydroxylation sites is 1. The highest BCUT2D eigenvalue weighted by atomic mass is 16.6. The fourth-order valence-corrected chi connectivity index (χ4v) is 6.48. The summed E-state index contributed by atoms with van der Waals surface area (Å²) in [5, 5.41) is 11.4. The topological polar surface area (TPSA) is 101 Å². The molecule has 178 valence electrons. The number of imide groups is 1. The van der Waals surface area contributed by atoms with Gasteiger partial charge in [0.2, 0.25) is 11.8 Å². The number of benzene rings is 2. The first-order chi connectivity index (χ1) is 17.0. The summed E-state index contributed by atoms with van der Waals surface area (Å²) in [4.78, 5) is 55.8. The first kappa shape index (κ1) is 21.7. The summed E-state index contributed by atoms with van der Waals surface area (Å²) in [7, 11) is 0. The maximum absolute atomic E-state index is 14.0. The minimum absolute atomic E-state index is 0.115.